The number of allylic oxidation sites excluding steroid dienone is 1. The van der Waals surface area contributed by atoms with E-state index in [0.29, 0.717) is 23.9 Å². The van der Waals surface area contributed by atoms with Gasteiger partial charge in [0.25, 0.3) is 0 Å². The molecule has 134 valence electrons. The lowest BCUT2D eigenvalue weighted by Gasteiger charge is -2.31. The molecule has 0 fully saturated rings. The predicted octanol–water partition coefficient (Wildman–Crippen LogP) is 6.96. The summed E-state index contributed by atoms with van der Waals surface area (Å²) in [5, 5.41) is 1.16. The number of halogens is 1. The van der Waals surface area contributed by atoms with Gasteiger partial charge in [-0.3, -0.25) is 0 Å². The molecule has 0 N–H and O–H groups in total. The Balaban J connectivity index is 2.79. The van der Waals surface area contributed by atoms with Crippen LogP contribution in [0, 0.1) is 0 Å². The number of hydrogen-bond donors (Lipinski definition) is 0. The smallest absolute Gasteiger partial charge is 0.137 e. The third kappa shape index (κ3) is 3.83. The fourth-order valence-corrected chi connectivity index (χ4v) is 7.43. The first-order chi connectivity index (χ1) is 11.1. The van der Waals surface area contributed by atoms with E-state index >= 15 is 0 Å². The Kier molecular flexibility index (Phi) is 6.09. The zero-order chi connectivity index (χ0) is 18.2. The van der Waals surface area contributed by atoms with Gasteiger partial charge in [0.05, 0.1) is 5.38 Å². The molecule has 0 saturated heterocycles. The van der Waals surface area contributed by atoms with E-state index in [1.54, 1.807) is 0 Å². The van der Waals surface area contributed by atoms with Gasteiger partial charge in [-0.15, -0.1) is 11.6 Å². The molecule has 1 heterocycles. The van der Waals surface area contributed by atoms with Crippen LogP contribution >= 0.6 is 18.7 Å². The van der Waals surface area contributed by atoms with Crippen LogP contribution in [-0.2, 0) is 4.57 Å². The maximum Gasteiger partial charge on any atom is 0.137 e. The molecule has 2 unspecified atom stereocenters. The third-order valence-corrected chi connectivity index (χ3v) is 8.68. The van der Waals surface area contributed by atoms with Crippen LogP contribution in [0.3, 0.4) is 0 Å². The topological polar surface area (TPSA) is 17.1 Å². The number of alkyl halides is 1. The van der Waals surface area contributed by atoms with Gasteiger partial charge >= 0.3 is 0 Å². The van der Waals surface area contributed by atoms with E-state index in [-0.39, 0.29) is 5.38 Å². The SMILES string of the molecule is CC1=CP(=O)(c2c(C(C)C)cc(C(C)C)cc2C(C)C)CCC1Cl. The minimum atomic E-state index is -2.54. The molecule has 2 rings (SSSR count). The lowest BCUT2D eigenvalue weighted by atomic mass is 9.89. The zero-order valence-corrected chi connectivity index (χ0v) is 17.8. The molecule has 0 aromatic heterocycles. The van der Waals surface area contributed by atoms with Gasteiger partial charge < -0.3 is 4.57 Å². The van der Waals surface area contributed by atoms with Crippen LogP contribution < -0.4 is 5.30 Å². The van der Waals surface area contributed by atoms with Gasteiger partial charge in [0.1, 0.15) is 7.14 Å². The summed E-state index contributed by atoms with van der Waals surface area (Å²) in [6.07, 6.45) is 1.50. The van der Waals surface area contributed by atoms with Gasteiger partial charge in [-0.25, -0.2) is 0 Å². The average molecular weight is 367 g/mol. The highest BCUT2D eigenvalue weighted by Crippen LogP contribution is 2.55. The van der Waals surface area contributed by atoms with Crippen LogP contribution in [0.1, 0.15) is 89.3 Å². The summed E-state index contributed by atoms with van der Waals surface area (Å²) in [5.41, 5.74) is 4.96. The maximum absolute atomic E-state index is 14.0. The normalized spacial score (nSPS) is 24.8. The van der Waals surface area contributed by atoms with Crippen molar-refractivity contribution in [3.8, 4) is 0 Å². The van der Waals surface area contributed by atoms with E-state index in [1.165, 1.54) is 16.7 Å². The van der Waals surface area contributed by atoms with Crippen molar-refractivity contribution in [2.45, 2.75) is 78.0 Å². The number of benzene rings is 1. The summed E-state index contributed by atoms with van der Waals surface area (Å²) in [6, 6.07) is 4.60. The van der Waals surface area contributed by atoms with Crippen LogP contribution in [0.2, 0.25) is 0 Å². The molecule has 1 aromatic rings. The van der Waals surface area contributed by atoms with Gasteiger partial charge in [0.2, 0.25) is 0 Å². The van der Waals surface area contributed by atoms with Gasteiger partial charge in [0, 0.05) is 11.5 Å². The van der Waals surface area contributed by atoms with E-state index < -0.39 is 7.14 Å². The molecule has 2 atom stereocenters. The standard InChI is InChI=1S/C21H32ClOP/c1-13(2)17-10-18(14(3)4)21(19(11-17)15(5)6)24(23)9-8-20(22)16(7)12-24/h10-15,20H,8-9H2,1-7H3. The first kappa shape index (κ1) is 19.8. The zero-order valence-electron chi connectivity index (χ0n) is 16.2. The minimum Gasteiger partial charge on any atom is -0.314 e. The van der Waals surface area contributed by atoms with Crippen LogP contribution in [0.15, 0.2) is 23.5 Å². The molecule has 1 aliphatic rings. The molecular formula is C21H32ClOP. The fourth-order valence-electron chi connectivity index (χ4n) is 3.54. The Morgan fingerprint density at radius 2 is 1.50 bits per heavy atom. The molecule has 1 aromatic carbocycles. The van der Waals surface area contributed by atoms with Crippen LogP contribution in [0.4, 0.5) is 0 Å². The summed E-state index contributed by atoms with van der Waals surface area (Å²) >= 11 is 6.36. The summed E-state index contributed by atoms with van der Waals surface area (Å²) in [7, 11) is -2.54. The Morgan fingerprint density at radius 1 is 1.00 bits per heavy atom. The largest absolute Gasteiger partial charge is 0.314 e. The maximum atomic E-state index is 14.0. The van der Waals surface area contributed by atoms with E-state index in [4.69, 9.17) is 11.6 Å². The van der Waals surface area contributed by atoms with Crippen LogP contribution in [0.5, 0.6) is 0 Å². The lowest BCUT2D eigenvalue weighted by molar-refractivity contribution is 0.582. The Labute approximate surface area is 153 Å². The lowest BCUT2D eigenvalue weighted by Crippen LogP contribution is -2.24. The molecule has 0 radical (unpaired) electrons. The number of hydrogen-bond acceptors (Lipinski definition) is 1. The van der Waals surface area contributed by atoms with E-state index in [0.717, 1.165) is 17.3 Å². The van der Waals surface area contributed by atoms with E-state index in [2.05, 4.69) is 53.7 Å². The van der Waals surface area contributed by atoms with Crippen molar-refractivity contribution < 1.29 is 4.57 Å². The Hall–Kier alpha value is -0.520. The van der Waals surface area contributed by atoms with Crippen molar-refractivity contribution in [2.75, 3.05) is 6.16 Å². The van der Waals surface area contributed by atoms with E-state index in [1.807, 2.05) is 12.7 Å². The van der Waals surface area contributed by atoms with Crippen LogP contribution in [0.25, 0.3) is 0 Å². The first-order valence-corrected chi connectivity index (χ1v) is 11.6. The molecular weight excluding hydrogens is 335 g/mol. The average Bonchev–Trinajstić information content (AvgIpc) is 2.49. The highest BCUT2D eigenvalue weighted by Gasteiger charge is 2.34. The predicted molar refractivity (Wildman–Crippen MR) is 109 cm³/mol. The summed E-state index contributed by atoms with van der Waals surface area (Å²) in [6.45, 7) is 15.3. The van der Waals surface area contributed by atoms with Crippen molar-refractivity contribution in [3.05, 3.63) is 40.2 Å². The van der Waals surface area contributed by atoms with Crippen LogP contribution in [-0.4, -0.2) is 11.5 Å². The molecule has 0 saturated carbocycles. The van der Waals surface area contributed by atoms with Gasteiger partial charge in [0.15, 0.2) is 0 Å². The first-order valence-electron chi connectivity index (χ1n) is 9.17. The summed E-state index contributed by atoms with van der Waals surface area (Å²) in [5.74, 6) is 3.22. The minimum absolute atomic E-state index is 0.0343. The van der Waals surface area contributed by atoms with Crippen molar-refractivity contribution in [1.82, 2.24) is 0 Å². The number of rotatable bonds is 4. The van der Waals surface area contributed by atoms with Crippen molar-refractivity contribution in [2.24, 2.45) is 0 Å². The summed E-state index contributed by atoms with van der Waals surface area (Å²) in [4.78, 5) is 0. The molecule has 0 bridgehead atoms. The fraction of sp³-hybridized carbons (Fsp3) is 0.619. The second kappa shape index (κ2) is 7.38. The van der Waals surface area contributed by atoms with E-state index in [9.17, 15) is 4.57 Å². The highest BCUT2D eigenvalue weighted by atomic mass is 35.5. The summed E-state index contributed by atoms with van der Waals surface area (Å²) < 4.78 is 14.0. The molecule has 24 heavy (non-hydrogen) atoms. The second-order valence-electron chi connectivity index (χ2n) is 8.16. The Bertz CT molecular complexity index is 656. The third-order valence-electron chi connectivity index (χ3n) is 5.10. The quantitative estimate of drug-likeness (QED) is 0.415. The van der Waals surface area contributed by atoms with Crippen molar-refractivity contribution >= 4 is 24.0 Å². The van der Waals surface area contributed by atoms with Gasteiger partial charge in [-0.2, -0.15) is 0 Å². The molecule has 1 nitrogen and oxygen atoms in total. The van der Waals surface area contributed by atoms with Gasteiger partial charge in [-0.05, 0) is 53.6 Å². The molecule has 1 aliphatic heterocycles. The Morgan fingerprint density at radius 3 is 1.88 bits per heavy atom. The molecule has 0 aliphatic carbocycles. The second-order valence-corrected chi connectivity index (χ2v) is 11.4. The van der Waals surface area contributed by atoms with Gasteiger partial charge in [-0.1, -0.05) is 59.2 Å². The van der Waals surface area contributed by atoms with Crippen molar-refractivity contribution in [1.29, 1.82) is 0 Å². The molecule has 0 amide bonds. The highest BCUT2D eigenvalue weighted by molar-refractivity contribution is 7.74. The monoisotopic (exact) mass is 366 g/mol. The van der Waals surface area contributed by atoms with Crippen molar-refractivity contribution in [3.63, 3.8) is 0 Å². The molecule has 3 heteroatoms. The molecule has 0 spiro atoms.